The minimum atomic E-state index is 1.03. The molecule has 2 aromatic rings. The zero-order valence-electron chi connectivity index (χ0n) is 10.5. The summed E-state index contributed by atoms with van der Waals surface area (Å²) in [6.07, 6.45) is 9.51. The Morgan fingerprint density at radius 3 is 2.50 bits per heavy atom. The van der Waals surface area contributed by atoms with Crippen LogP contribution in [0.2, 0.25) is 0 Å². The summed E-state index contributed by atoms with van der Waals surface area (Å²) in [4.78, 5) is 0. The Morgan fingerprint density at radius 1 is 1.00 bits per heavy atom. The Hall–Kier alpha value is -1.02. The molecule has 0 aliphatic carbocycles. The molecule has 1 nitrogen and oxygen atoms in total. The smallest absolute Gasteiger partial charge is 0.0983 e. The Bertz CT molecular complexity index is 470. The molecule has 0 N–H and O–H groups in total. The summed E-state index contributed by atoms with van der Waals surface area (Å²) in [6, 6.07) is 8.37. The van der Waals surface area contributed by atoms with Crippen LogP contribution in [0.5, 0.6) is 0 Å². The van der Waals surface area contributed by atoms with E-state index in [4.69, 9.17) is 4.42 Å². The van der Waals surface area contributed by atoms with Gasteiger partial charge in [-0.2, -0.15) is 0 Å². The Labute approximate surface area is 117 Å². The van der Waals surface area contributed by atoms with Crippen LogP contribution in [0, 0.1) is 6.92 Å². The molecule has 0 unspecified atom stereocenters. The van der Waals surface area contributed by atoms with Gasteiger partial charge in [0.15, 0.2) is 0 Å². The monoisotopic (exact) mass is 305 g/mol. The summed E-state index contributed by atoms with van der Waals surface area (Å²) in [5.74, 6) is 0. The zero-order valence-corrected chi connectivity index (χ0v) is 12.1. The van der Waals surface area contributed by atoms with E-state index in [1.165, 1.54) is 36.0 Å². The van der Waals surface area contributed by atoms with E-state index in [0.717, 1.165) is 17.3 Å². The maximum absolute atomic E-state index is 5.36. The highest BCUT2D eigenvalue weighted by Gasteiger charge is 2.07. The van der Waals surface area contributed by atoms with Crippen LogP contribution in [0.3, 0.4) is 0 Å². The van der Waals surface area contributed by atoms with Gasteiger partial charge in [0.05, 0.1) is 12.5 Å². The van der Waals surface area contributed by atoms with Crippen LogP contribution in [-0.2, 0) is 6.42 Å². The summed E-state index contributed by atoms with van der Waals surface area (Å²) >= 11 is 3.46. The second-order valence-electron chi connectivity index (χ2n) is 4.48. The van der Waals surface area contributed by atoms with Crippen LogP contribution in [0.1, 0.15) is 31.2 Å². The maximum Gasteiger partial charge on any atom is 0.0983 e. The number of hydrogen-bond donors (Lipinski definition) is 0. The molecule has 0 spiro atoms. The minimum absolute atomic E-state index is 1.03. The van der Waals surface area contributed by atoms with Crippen molar-refractivity contribution in [1.82, 2.24) is 0 Å². The van der Waals surface area contributed by atoms with Gasteiger partial charge in [0.25, 0.3) is 0 Å². The first-order valence-corrected chi connectivity index (χ1v) is 7.21. The van der Waals surface area contributed by atoms with Crippen molar-refractivity contribution >= 4 is 15.9 Å². The molecule has 0 aliphatic rings. The maximum atomic E-state index is 5.36. The lowest BCUT2D eigenvalue weighted by molar-refractivity contribution is 0.562. The van der Waals surface area contributed by atoms with Gasteiger partial charge < -0.3 is 4.42 Å². The SMILES string of the molecule is [CH2]CCCCCc1cocc1-c1ccc(Br)cc1. The first-order valence-electron chi connectivity index (χ1n) is 6.41. The quantitative estimate of drug-likeness (QED) is 0.629. The highest BCUT2D eigenvalue weighted by molar-refractivity contribution is 9.10. The van der Waals surface area contributed by atoms with Gasteiger partial charge in [-0.25, -0.2) is 0 Å². The van der Waals surface area contributed by atoms with Crippen LogP contribution >= 0.6 is 15.9 Å². The lowest BCUT2D eigenvalue weighted by Gasteiger charge is -2.03. The Morgan fingerprint density at radius 2 is 1.78 bits per heavy atom. The largest absolute Gasteiger partial charge is 0.472 e. The number of unbranched alkanes of at least 4 members (excludes halogenated alkanes) is 3. The normalized spacial score (nSPS) is 10.8. The van der Waals surface area contributed by atoms with Crippen molar-refractivity contribution in [3.05, 3.63) is 53.8 Å². The van der Waals surface area contributed by atoms with E-state index >= 15 is 0 Å². The molecule has 1 aromatic heterocycles. The fourth-order valence-corrected chi connectivity index (χ4v) is 2.33. The van der Waals surface area contributed by atoms with Gasteiger partial charge in [-0.05, 0) is 36.1 Å². The summed E-state index contributed by atoms with van der Waals surface area (Å²) < 4.78 is 6.47. The van der Waals surface area contributed by atoms with Gasteiger partial charge in [-0.3, -0.25) is 0 Å². The molecule has 1 heterocycles. The third-order valence-corrected chi connectivity index (χ3v) is 3.62. The molecule has 2 heteroatoms. The average Bonchev–Trinajstić information content (AvgIpc) is 2.84. The molecule has 95 valence electrons. The van der Waals surface area contributed by atoms with E-state index in [-0.39, 0.29) is 0 Å². The van der Waals surface area contributed by atoms with Crippen molar-refractivity contribution in [2.45, 2.75) is 32.1 Å². The van der Waals surface area contributed by atoms with Gasteiger partial charge >= 0.3 is 0 Å². The van der Waals surface area contributed by atoms with Gasteiger partial charge in [-0.1, -0.05) is 54.2 Å². The third-order valence-electron chi connectivity index (χ3n) is 3.09. The first-order chi connectivity index (χ1) is 8.81. The van der Waals surface area contributed by atoms with E-state index in [0.29, 0.717) is 0 Å². The molecule has 18 heavy (non-hydrogen) atoms. The van der Waals surface area contributed by atoms with Crippen LogP contribution in [-0.4, -0.2) is 0 Å². The van der Waals surface area contributed by atoms with E-state index in [1.807, 2.05) is 12.5 Å². The number of benzene rings is 1. The minimum Gasteiger partial charge on any atom is -0.472 e. The van der Waals surface area contributed by atoms with Crippen LogP contribution in [0.15, 0.2) is 45.7 Å². The number of halogens is 1. The molecule has 1 aromatic carbocycles. The Balaban J connectivity index is 2.05. The third kappa shape index (κ3) is 3.49. The number of rotatable bonds is 6. The van der Waals surface area contributed by atoms with Crippen molar-refractivity contribution in [3.8, 4) is 11.1 Å². The molecule has 2 rings (SSSR count). The highest BCUT2D eigenvalue weighted by Crippen LogP contribution is 2.27. The van der Waals surface area contributed by atoms with Gasteiger partial charge in [-0.15, -0.1) is 0 Å². The summed E-state index contributed by atoms with van der Waals surface area (Å²) in [5, 5.41) is 0. The van der Waals surface area contributed by atoms with Crippen LogP contribution < -0.4 is 0 Å². The fraction of sp³-hybridized carbons (Fsp3) is 0.312. The lowest BCUT2D eigenvalue weighted by Crippen LogP contribution is -1.87. The fourth-order valence-electron chi connectivity index (χ4n) is 2.07. The van der Waals surface area contributed by atoms with Gasteiger partial charge in [0, 0.05) is 10.0 Å². The first kappa shape index (κ1) is 13.4. The van der Waals surface area contributed by atoms with Crippen LogP contribution in [0.25, 0.3) is 11.1 Å². The molecule has 0 saturated heterocycles. The molecule has 0 bridgehead atoms. The summed E-state index contributed by atoms with van der Waals surface area (Å²) in [7, 11) is 0. The summed E-state index contributed by atoms with van der Waals surface area (Å²) in [5.41, 5.74) is 3.75. The molecular formula is C16H18BrO. The second-order valence-corrected chi connectivity index (χ2v) is 5.40. The molecule has 0 saturated carbocycles. The lowest BCUT2D eigenvalue weighted by atomic mass is 10.0. The van der Waals surface area contributed by atoms with E-state index in [9.17, 15) is 0 Å². The summed E-state index contributed by atoms with van der Waals surface area (Å²) in [6.45, 7) is 3.87. The number of furan rings is 1. The molecule has 0 fully saturated rings. The highest BCUT2D eigenvalue weighted by atomic mass is 79.9. The van der Waals surface area contributed by atoms with Crippen molar-refractivity contribution in [2.75, 3.05) is 0 Å². The van der Waals surface area contributed by atoms with E-state index in [2.05, 4.69) is 47.1 Å². The second kappa shape index (κ2) is 6.79. The topological polar surface area (TPSA) is 13.1 Å². The van der Waals surface area contributed by atoms with Gasteiger partial charge in [0.2, 0.25) is 0 Å². The van der Waals surface area contributed by atoms with E-state index in [1.54, 1.807) is 0 Å². The zero-order chi connectivity index (χ0) is 12.8. The van der Waals surface area contributed by atoms with Crippen molar-refractivity contribution in [1.29, 1.82) is 0 Å². The van der Waals surface area contributed by atoms with Crippen molar-refractivity contribution in [3.63, 3.8) is 0 Å². The van der Waals surface area contributed by atoms with Gasteiger partial charge in [0.1, 0.15) is 0 Å². The predicted octanol–water partition coefficient (Wildman–Crippen LogP) is 5.65. The predicted molar refractivity (Wildman–Crippen MR) is 79.4 cm³/mol. The number of hydrogen-bond acceptors (Lipinski definition) is 1. The van der Waals surface area contributed by atoms with Crippen molar-refractivity contribution < 1.29 is 4.42 Å². The molecular weight excluding hydrogens is 288 g/mol. The molecule has 0 atom stereocenters. The standard InChI is InChI=1S/C16H18BrO/c1-2-3-4-5-6-14-11-18-12-16(14)13-7-9-15(17)10-8-13/h7-12H,1-6H2. The van der Waals surface area contributed by atoms with E-state index < -0.39 is 0 Å². The average molecular weight is 306 g/mol. The van der Waals surface area contributed by atoms with Crippen LogP contribution in [0.4, 0.5) is 0 Å². The molecule has 0 aliphatic heterocycles. The molecule has 1 radical (unpaired) electrons. The Kier molecular flexibility index (Phi) is 5.06. The van der Waals surface area contributed by atoms with Crippen molar-refractivity contribution in [2.24, 2.45) is 0 Å². The number of aryl methyl sites for hydroxylation is 1. The molecule has 0 amide bonds.